The highest BCUT2D eigenvalue weighted by molar-refractivity contribution is 5.31. The molecule has 0 aliphatic carbocycles. The summed E-state index contributed by atoms with van der Waals surface area (Å²) in [5, 5.41) is 12.6. The molecule has 0 aliphatic rings. The number of hydrogen-bond donors (Lipinski definition) is 2. The molecule has 2 N–H and O–H groups in total. The fourth-order valence-electron chi connectivity index (χ4n) is 1.67. The van der Waals surface area contributed by atoms with Crippen molar-refractivity contribution in [3.63, 3.8) is 0 Å². The van der Waals surface area contributed by atoms with Gasteiger partial charge < -0.3 is 15.2 Å². The van der Waals surface area contributed by atoms with Crippen LogP contribution in [0.3, 0.4) is 0 Å². The predicted molar refractivity (Wildman–Crippen MR) is 65.9 cm³/mol. The fraction of sp³-hybridized carbons (Fsp3) is 0.538. The molecule has 0 fully saturated rings. The molecule has 0 amide bonds. The number of alkyl halides is 3. The van der Waals surface area contributed by atoms with Crippen molar-refractivity contribution in [3.8, 4) is 5.75 Å². The van der Waals surface area contributed by atoms with E-state index in [2.05, 4.69) is 10.1 Å². The monoisotopic (exact) mass is 277 g/mol. The summed E-state index contributed by atoms with van der Waals surface area (Å²) in [4.78, 5) is 0. The lowest BCUT2D eigenvalue weighted by molar-refractivity contribution is -0.274. The highest BCUT2D eigenvalue weighted by Crippen LogP contribution is 2.26. The van der Waals surface area contributed by atoms with Crippen LogP contribution in [0.2, 0.25) is 0 Å². The normalized spacial score (nSPS) is 15.1. The fourth-order valence-corrected chi connectivity index (χ4v) is 1.67. The van der Waals surface area contributed by atoms with Gasteiger partial charge in [0.25, 0.3) is 0 Å². The summed E-state index contributed by atoms with van der Waals surface area (Å²) in [5.41, 5.74) is 0.0326. The zero-order valence-electron chi connectivity index (χ0n) is 10.9. The Kier molecular flexibility index (Phi) is 5.20. The van der Waals surface area contributed by atoms with Crippen LogP contribution >= 0.6 is 0 Å². The van der Waals surface area contributed by atoms with E-state index in [9.17, 15) is 18.3 Å². The highest BCUT2D eigenvalue weighted by atomic mass is 19.4. The Hall–Kier alpha value is -1.27. The molecular weight excluding hydrogens is 259 g/mol. The van der Waals surface area contributed by atoms with Crippen LogP contribution in [0, 0.1) is 0 Å². The summed E-state index contributed by atoms with van der Waals surface area (Å²) in [6, 6.07) is 5.51. The molecule has 19 heavy (non-hydrogen) atoms. The van der Waals surface area contributed by atoms with Gasteiger partial charge in [-0.3, -0.25) is 0 Å². The highest BCUT2D eigenvalue weighted by Gasteiger charge is 2.31. The Labute approximate surface area is 110 Å². The first kappa shape index (κ1) is 15.8. The van der Waals surface area contributed by atoms with E-state index in [4.69, 9.17) is 0 Å². The molecule has 1 aromatic rings. The predicted octanol–water partition coefficient (Wildman–Crippen LogP) is 2.79. The third-order valence-corrected chi connectivity index (χ3v) is 2.81. The van der Waals surface area contributed by atoms with Gasteiger partial charge in [0.05, 0.1) is 12.1 Å². The van der Waals surface area contributed by atoms with Crippen molar-refractivity contribution in [2.24, 2.45) is 0 Å². The maximum atomic E-state index is 12.0. The molecule has 0 saturated carbocycles. The van der Waals surface area contributed by atoms with E-state index in [1.807, 2.05) is 6.92 Å². The quantitative estimate of drug-likeness (QED) is 0.840. The van der Waals surface area contributed by atoms with Gasteiger partial charge in [0.1, 0.15) is 5.75 Å². The van der Waals surface area contributed by atoms with Crippen molar-refractivity contribution in [1.29, 1.82) is 0 Å². The molecule has 0 spiro atoms. The van der Waals surface area contributed by atoms with Gasteiger partial charge in [-0.15, -0.1) is 13.2 Å². The molecule has 1 rings (SSSR count). The van der Waals surface area contributed by atoms with Crippen molar-refractivity contribution in [3.05, 3.63) is 29.8 Å². The second kappa shape index (κ2) is 6.25. The molecular formula is C13H18F3NO2. The second-order valence-corrected chi connectivity index (χ2v) is 4.49. The molecule has 0 bridgehead atoms. The summed E-state index contributed by atoms with van der Waals surface area (Å²) in [7, 11) is 0. The average molecular weight is 277 g/mol. The van der Waals surface area contributed by atoms with Gasteiger partial charge in [-0.25, -0.2) is 0 Å². The van der Waals surface area contributed by atoms with Crippen molar-refractivity contribution >= 4 is 0 Å². The van der Waals surface area contributed by atoms with Gasteiger partial charge >= 0.3 is 6.36 Å². The van der Waals surface area contributed by atoms with Crippen molar-refractivity contribution in [1.82, 2.24) is 5.32 Å². The Morgan fingerprint density at radius 3 is 2.21 bits per heavy atom. The topological polar surface area (TPSA) is 41.5 Å². The third kappa shape index (κ3) is 4.72. The smallest absolute Gasteiger partial charge is 0.406 e. The summed E-state index contributed by atoms with van der Waals surface area (Å²) >= 11 is 0. The molecule has 3 nitrogen and oxygen atoms in total. The number of benzene rings is 1. The Morgan fingerprint density at radius 1 is 1.21 bits per heavy atom. The first-order valence-electron chi connectivity index (χ1n) is 6.03. The molecule has 0 aliphatic heterocycles. The molecule has 0 radical (unpaired) electrons. The Balaban J connectivity index is 2.84. The van der Waals surface area contributed by atoms with E-state index in [1.54, 1.807) is 6.92 Å². The van der Waals surface area contributed by atoms with Gasteiger partial charge in [-0.05, 0) is 37.6 Å². The van der Waals surface area contributed by atoms with Crippen LogP contribution < -0.4 is 10.1 Å². The number of halogens is 3. The SMILES string of the molecule is CCCNC(C)(CO)c1ccc(OC(F)(F)F)cc1. The number of aliphatic hydroxyl groups excluding tert-OH is 1. The van der Waals surface area contributed by atoms with Gasteiger partial charge in [0, 0.05) is 0 Å². The van der Waals surface area contributed by atoms with Crippen LogP contribution in [0.25, 0.3) is 0 Å². The summed E-state index contributed by atoms with van der Waals surface area (Å²) in [5.74, 6) is -0.271. The van der Waals surface area contributed by atoms with Crippen molar-refractivity contribution in [2.75, 3.05) is 13.2 Å². The van der Waals surface area contributed by atoms with Gasteiger partial charge in [0.15, 0.2) is 0 Å². The minimum Gasteiger partial charge on any atom is -0.406 e. The molecule has 0 heterocycles. The maximum absolute atomic E-state index is 12.0. The number of nitrogens with one attached hydrogen (secondary N) is 1. The number of ether oxygens (including phenoxy) is 1. The molecule has 108 valence electrons. The third-order valence-electron chi connectivity index (χ3n) is 2.81. The lowest BCUT2D eigenvalue weighted by Crippen LogP contribution is -2.43. The Morgan fingerprint density at radius 2 is 1.79 bits per heavy atom. The van der Waals surface area contributed by atoms with E-state index in [-0.39, 0.29) is 12.4 Å². The standard InChI is InChI=1S/C13H18F3NO2/c1-3-8-17-12(2,9-18)10-4-6-11(7-5-10)19-13(14,15)16/h4-7,17-18H,3,8-9H2,1-2H3. The summed E-state index contributed by atoms with van der Waals surface area (Å²) < 4.78 is 39.9. The molecule has 6 heteroatoms. The van der Waals surface area contributed by atoms with E-state index in [0.29, 0.717) is 12.1 Å². The zero-order chi connectivity index (χ0) is 14.5. The van der Waals surface area contributed by atoms with Crippen LogP contribution in [-0.2, 0) is 5.54 Å². The van der Waals surface area contributed by atoms with Gasteiger partial charge in [-0.2, -0.15) is 0 Å². The summed E-state index contributed by atoms with van der Waals surface area (Å²) in [6.45, 7) is 4.34. The lowest BCUT2D eigenvalue weighted by atomic mass is 9.92. The van der Waals surface area contributed by atoms with E-state index >= 15 is 0 Å². The van der Waals surface area contributed by atoms with Crippen LogP contribution in [0.5, 0.6) is 5.75 Å². The van der Waals surface area contributed by atoms with Crippen LogP contribution in [0.4, 0.5) is 13.2 Å². The van der Waals surface area contributed by atoms with Gasteiger partial charge in [0.2, 0.25) is 0 Å². The van der Waals surface area contributed by atoms with Crippen molar-refractivity contribution < 1.29 is 23.0 Å². The molecule has 0 aromatic heterocycles. The minimum atomic E-state index is -4.69. The number of aliphatic hydroxyl groups is 1. The maximum Gasteiger partial charge on any atom is 0.573 e. The van der Waals surface area contributed by atoms with Crippen LogP contribution in [0.1, 0.15) is 25.8 Å². The molecule has 0 saturated heterocycles. The molecule has 1 aromatic carbocycles. The van der Waals surface area contributed by atoms with Gasteiger partial charge in [-0.1, -0.05) is 19.1 Å². The number of rotatable bonds is 6. The Bertz CT molecular complexity index is 392. The van der Waals surface area contributed by atoms with Crippen molar-refractivity contribution in [2.45, 2.75) is 32.2 Å². The zero-order valence-corrected chi connectivity index (χ0v) is 10.9. The first-order chi connectivity index (χ1) is 8.80. The molecule has 1 unspecified atom stereocenters. The van der Waals surface area contributed by atoms with Crippen LogP contribution in [-0.4, -0.2) is 24.6 Å². The largest absolute Gasteiger partial charge is 0.573 e. The average Bonchev–Trinajstić information content (AvgIpc) is 2.35. The van der Waals surface area contributed by atoms with Crippen LogP contribution in [0.15, 0.2) is 24.3 Å². The van der Waals surface area contributed by atoms with E-state index in [0.717, 1.165) is 6.42 Å². The second-order valence-electron chi connectivity index (χ2n) is 4.49. The minimum absolute atomic E-state index is 0.146. The van der Waals surface area contributed by atoms with E-state index < -0.39 is 11.9 Å². The first-order valence-corrected chi connectivity index (χ1v) is 6.03. The van der Waals surface area contributed by atoms with E-state index in [1.165, 1.54) is 24.3 Å². The summed E-state index contributed by atoms with van der Waals surface area (Å²) in [6.07, 6.45) is -3.80. The molecule has 1 atom stereocenters. The number of hydrogen-bond acceptors (Lipinski definition) is 3. The lowest BCUT2D eigenvalue weighted by Gasteiger charge is -2.29.